The molecule has 0 aromatic heterocycles. The summed E-state index contributed by atoms with van der Waals surface area (Å²) in [4.78, 5) is 10.1. The number of carboxylic acid groups (broad SMARTS) is 1. The van der Waals surface area contributed by atoms with Crippen molar-refractivity contribution in [3.05, 3.63) is 0 Å². The van der Waals surface area contributed by atoms with Crippen molar-refractivity contribution in [2.75, 3.05) is 12.3 Å². The van der Waals surface area contributed by atoms with Gasteiger partial charge in [-0.1, -0.05) is 20.3 Å². The predicted molar refractivity (Wildman–Crippen MR) is 53.5 cm³/mol. The third-order valence-electron chi connectivity index (χ3n) is 1.73. The van der Waals surface area contributed by atoms with Crippen LogP contribution in [0.3, 0.4) is 0 Å². The van der Waals surface area contributed by atoms with Crippen LogP contribution in [0, 0.1) is 5.92 Å². The third kappa shape index (κ3) is 6.85. The summed E-state index contributed by atoms with van der Waals surface area (Å²) in [7, 11) is -3.43. The Morgan fingerprint density at radius 3 is 2.50 bits per heavy atom. The van der Waals surface area contributed by atoms with Crippen LogP contribution in [0.15, 0.2) is 0 Å². The van der Waals surface area contributed by atoms with Crippen LogP contribution in [-0.2, 0) is 14.8 Å². The number of hydrogen-bond donors (Lipinski definition) is 2. The van der Waals surface area contributed by atoms with E-state index < -0.39 is 22.5 Å². The van der Waals surface area contributed by atoms with Crippen LogP contribution in [0.2, 0.25) is 0 Å². The van der Waals surface area contributed by atoms with Crippen LogP contribution >= 0.6 is 0 Å². The fourth-order valence-electron chi connectivity index (χ4n) is 1.18. The van der Waals surface area contributed by atoms with Crippen LogP contribution in [0.4, 0.5) is 0 Å². The van der Waals surface area contributed by atoms with E-state index in [-0.39, 0.29) is 11.7 Å². The molecule has 0 rings (SSSR count). The van der Waals surface area contributed by atoms with E-state index in [4.69, 9.17) is 5.11 Å². The van der Waals surface area contributed by atoms with Gasteiger partial charge in [-0.2, -0.15) is 0 Å². The molecule has 1 atom stereocenters. The van der Waals surface area contributed by atoms with Gasteiger partial charge in [-0.15, -0.1) is 0 Å². The molecule has 0 aliphatic carbocycles. The minimum atomic E-state index is -3.43. The molecule has 14 heavy (non-hydrogen) atoms. The molecule has 2 N–H and O–H groups in total. The molecular weight excluding hydrogens is 206 g/mol. The molecule has 0 aliphatic rings. The molecule has 1 unspecified atom stereocenters. The molecule has 5 nitrogen and oxygen atoms in total. The fourth-order valence-corrected chi connectivity index (χ4v) is 2.56. The highest BCUT2D eigenvalue weighted by Gasteiger charge is 2.15. The number of sulfonamides is 1. The average Bonchev–Trinajstić information content (AvgIpc) is 2.00. The smallest absolute Gasteiger partial charge is 0.318 e. The monoisotopic (exact) mass is 223 g/mol. The minimum absolute atomic E-state index is 0.00583. The second-order valence-electron chi connectivity index (χ2n) is 3.39. The topological polar surface area (TPSA) is 83.5 Å². The lowest BCUT2D eigenvalue weighted by molar-refractivity contribution is -0.135. The van der Waals surface area contributed by atoms with E-state index in [0.717, 1.165) is 12.8 Å². The molecule has 6 heteroatoms. The average molecular weight is 223 g/mol. The SMILES string of the molecule is CCCC(C)CS(=O)(=O)NCC(=O)O. The highest BCUT2D eigenvalue weighted by molar-refractivity contribution is 7.89. The van der Waals surface area contributed by atoms with Crippen molar-refractivity contribution in [3.8, 4) is 0 Å². The van der Waals surface area contributed by atoms with E-state index >= 15 is 0 Å². The number of carbonyl (C=O) groups is 1. The van der Waals surface area contributed by atoms with Crippen LogP contribution < -0.4 is 4.72 Å². The Hall–Kier alpha value is -0.620. The fraction of sp³-hybridized carbons (Fsp3) is 0.875. The quantitative estimate of drug-likeness (QED) is 0.655. The zero-order valence-electron chi connectivity index (χ0n) is 8.49. The van der Waals surface area contributed by atoms with E-state index in [1.165, 1.54) is 0 Å². The number of hydrogen-bond acceptors (Lipinski definition) is 3. The first kappa shape index (κ1) is 13.4. The lowest BCUT2D eigenvalue weighted by Gasteiger charge is -2.10. The first-order valence-electron chi connectivity index (χ1n) is 4.56. The van der Waals surface area contributed by atoms with E-state index in [2.05, 4.69) is 0 Å². The first-order chi connectivity index (χ1) is 6.37. The molecule has 0 aliphatic heterocycles. The number of carboxylic acids is 1. The Kier molecular flexibility index (Phi) is 5.71. The summed E-state index contributed by atoms with van der Waals surface area (Å²) in [5.74, 6) is -1.11. The summed E-state index contributed by atoms with van der Waals surface area (Å²) in [6.45, 7) is 3.28. The van der Waals surface area contributed by atoms with Crippen LogP contribution in [0.25, 0.3) is 0 Å². The van der Waals surface area contributed by atoms with Crippen LogP contribution in [0.1, 0.15) is 26.7 Å². The molecule has 0 heterocycles. The van der Waals surface area contributed by atoms with Crippen molar-refractivity contribution < 1.29 is 18.3 Å². The molecule has 0 saturated carbocycles. The maximum absolute atomic E-state index is 11.2. The van der Waals surface area contributed by atoms with Crippen molar-refractivity contribution in [2.45, 2.75) is 26.7 Å². The summed E-state index contributed by atoms with van der Waals surface area (Å²) >= 11 is 0. The largest absolute Gasteiger partial charge is 0.480 e. The maximum Gasteiger partial charge on any atom is 0.318 e. The standard InChI is InChI=1S/C8H17NO4S/c1-3-4-7(2)6-14(12,13)9-5-8(10)11/h7,9H,3-6H2,1-2H3,(H,10,11). The Labute approximate surface area is 84.6 Å². The van der Waals surface area contributed by atoms with Crippen LogP contribution in [-0.4, -0.2) is 31.8 Å². The highest BCUT2D eigenvalue weighted by Crippen LogP contribution is 2.07. The molecule has 0 radical (unpaired) electrons. The third-order valence-corrected chi connectivity index (χ3v) is 3.32. The zero-order chi connectivity index (χ0) is 11.2. The zero-order valence-corrected chi connectivity index (χ0v) is 9.30. The number of nitrogens with one attached hydrogen (secondary N) is 1. The number of aliphatic carboxylic acids is 1. The molecule has 0 aromatic rings. The summed E-state index contributed by atoms with van der Waals surface area (Å²) < 4.78 is 24.5. The van der Waals surface area contributed by atoms with E-state index in [9.17, 15) is 13.2 Å². The Morgan fingerprint density at radius 2 is 2.07 bits per heavy atom. The minimum Gasteiger partial charge on any atom is -0.480 e. The van der Waals surface area contributed by atoms with Gasteiger partial charge in [0.05, 0.1) is 5.75 Å². The van der Waals surface area contributed by atoms with E-state index in [1.807, 2.05) is 18.6 Å². The van der Waals surface area contributed by atoms with E-state index in [0.29, 0.717) is 0 Å². The van der Waals surface area contributed by atoms with Gasteiger partial charge in [-0.3, -0.25) is 4.79 Å². The molecule has 0 bridgehead atoms. The second kappa shape index (κ2) is 5.98. The molecule has 0 spiro atoms. The van der Waals surface area contributed by atoms with Gasteiger partial charge in [0, 0.05) is 0 Å². The van der Waals surface area contributed by atoms with Crippen LogP contribution in [0.5, 0.6) is 0 Å². The normalized spacial score (nSPS) is 13.9. The molecule has 0 fully saturated rings. The van der Waals surface area contributed by atoms with Crippen molar-refractivity contribution in [1.29, 1.82) is 0 Å². The van der Waals surface area contributed by atoms with E-state index in [1.54, 1.807) is 0 Å². The van der Waals surface area contributed by atoms with Gasteiger partial charge in [0.2, 0.25) is 10.0 Å². The van der Waals surface area contributed by atoms with Crippen molar-refractivity contribution in [2.24, 2.45) is 5.92 Å². The Balaban J connectivity index is 4.01. The summed E-state index contributed by atoms with van der Waals surface area (Å²) in [5.41, 5.74) is 0. The Morgan fingerprint density at radius 1 is 1.50 bits per heavy atom. The highest BCUT2D eigenvalue weighted by atomic mass is 32.2. The lowest BCUT2D eigenvalue weighted by atomic mass is 10.1. The lowest BCUT2D eigenvalue weighted by Crippen LogP contribution is -2.33. The molecular formula is C8H17NO4S. The van der Waals surface area contributed by atoms with Gasteiger partial charge >= 0.3 is 5.97 Å². The van der Waals surface area contributed by atoms with Crippen molar-refractivity contribution in [3.63, 3.8) is 0 Å². The van der Waals surface area contributed by atoms with Gasteiger partial charge in [0.15, 0.2) is 0 Å². The number of rotatable bonds is 7. The van der Waals surface area contributed by atoms with Crippen molar-refractivity contribution >= 4 is 16.0 Å². The first-order valence-corrected chi connectivity index (χ1v) is 6.21. The van der Waals surface area contributed by atoms with Crippen molar-refractivity contribution in [1.82, 2.24) is 4.72 Å². The van der Waals surface area contributed by atoms with Gasteiger partial charge in [0.1, 0.15) is 6.54 Å². The Bertz CT molecular complexity index is 273. The van der Waals surface area contributed by atoms with Gasteiger partial charge in [0.25, 0.3) is 0 Å². The van der Waals surface area contributed by atoms with Gasteiger partial charge in [-0.05, 0) is 12.3 Å². The summed E-state index contributed by atoms with van der Waals surface area (Å²) in [6, 6.07) is 0. The van der Waals surface area contributed by atoms with Gasteiger partial charge < -0.3 is 5.11 Å². The maximum atomic E-state index is 11.2. The molecule has 0 amide bonds. The van der Waals surface area contributed by atoms with Gasteiger partial charge in [-0.25, -0.2) is 13.1 Å². The predicted octanol–water partition coefficient (Wildman–Crippen LogP) is 0.427. The summed E-state index contributed by atoms with van der Waals surface area (Å²) in [6.07, 6.45) is 1.75. The molecule has 84 valence electrons. The molecule has 0 saturated heterocycles. The second-order valence-corrected chi connectivity index (χ2v) is 5.24. The molecule has 0 aromatic carbocycles. The summed E-state index contributed by atoms with van der Waals surface area (Å²) in [5, 5.41) is 8.29.